The molecule has 1 unspecified atom stereocenters. The lowest BCUT2D eigenvalue weighted by Crippen LogP contribution is -2.36. The van der Waals surface area contributed by atoms with Crippen molar-refractivity contribution < 1.29 is 4.79 Å². The number of hydrogen-bond donors (Lipinski definition) is 1. The molecule has 1 atom stereocenters. The number of nitrogens with zero attached hydrogens (tertiary/aromatic N) is 2. The van der Waals surface area contributed by atoms with Gasteiger partial charge in [0.1, 0.15) is 6.54 Å². The second-order valence-electron chi connectivity index (χ2n) is 6.81. The van der Waals surface area contributed by atoms with Crippen LogP contribution in [0.2, 0.25) is 0 Å². The number of aryl methyl sites for hydroxylation is 2. The summed E-state index contributed by atoms with van der Waals surface area (Å²) in [7, 11) is 0. The Morgan fingerprint density at radius 2 is 1.77 bits per heavy atom. The Hall–Kier alpha value is -2.82. The van der Waals surface area contributed by atoms with Crippen molar-refractivity contribution in [2.24, 2.45) is 0 Å². The van der Waals surface area contributed by atoms with Gasteiger partial charge in [-0.3, -0.25) is 13.9 Å². The average molecular weight is 349 g/mol. The Balaban J connectivity index is 1.60. The van der Waals surface area contributed by atoms with E-state index in [9.17, 15) is 9.59 Å². The average Bonchev–Trinajstić information content (AvgIpc) is 2.93. The number of carbonyl (C=O) groups excluding carboxylic acids is 1. The minimum Gasteiger partial charge on any atom is -0.348 e. The van der Waals surface area contributed by atoms with E-state index in [1.807, 2.05) is 43.3 Å². The van der Waals surface area contributed by atoms with Crippen LogP contribution in [0.15, 0.2) is 53.3 Å². The predicted octanol–water partition coefficient (Wildman–Crippen LogP) is 3.02. The molecule has 1 heterocycles. The maximum Gasteiger partial charge on any atom is 0.329 e. The Morgan fingerprint density at radius 1 is 1.08 bits per heavy atom. The number of benzene rings is 2. The maximum atomic E-state index is 12.7. The van der Waals surface area contributed by atoms with E-state index in [0.29, 0.717) is 6.54 Å². The summed E-state index contributed by atoms with van der Waals surface area (Å²) in [4.78, 5) is 25.4. The van der Waals surface area contributed by atoms with Gasteiger partial charge in [-0.05, 0) is 49.4 Å². The van der Waals surface area contributed by atoms with Gasteiger partial charge in [0.25, 0.3) is 0 Å². The van der Waals surface area contributed by atoms with Crippen molar-refractivity contribution >= 4 is 16.9 Å². The summed E-state index contributed by atoms with van der Waals surface area (Å²) in [6, 6.07) is 15.9. The molecule has 3 aromatic rings. The number of para-hydroxylation sites is 2. The zero-order valence-electron chi connectivity index (χ0n) is 14.9. The number of rotatable bonds is 4. The van der Waals surface area contributed by atoms with Gasteiger partial charge >= 0.3 is 5.69 Å². The summed E-state index contributed by atoms with van der Waals surface area (Å²) in [6.07, 6.45) is 3.07. The quantitative estimate of drug-likeness (QED) is 0.787. The molecule has 1 aromatic heterocycles. The van der Waals surface area contributed by atoms with E-state index in [4.69, 9.17) is 0 Å². The molecule has 134 valence electrons. The lowest BCUT2D eigenvalue weighted by molar-refractivity contribution is -0.122. The van der Waals surface area contributed by atoms with E-state index >= 15 is 0 Å². The van der Waals surface area contributed by atoms with Gasteiger partial charge in [0.05, 0.1) is 17.1 Å². The van der Waals surface area contributed by atoms with Crippen molar-refractivity contribution in [3.63, 3.8) is 0 Å². The van der Waals surface area contributed by atoms with Crippen LogP contribution in [-0.2, 0) is 24.3 Å². The van der Waals surface area contributed by atoms with Crippen molar-refractivity contribution in [3.8, 4) is 0 Å². The molecule has 26 heavy (non-hydrogen) atoms. The van der Waals surface area contributed by atoms with Crippen LogP contribution in [-0.4, -0.2) is 15.0 Å². The van der Waals surface area contributed by atoms with Crippen LogP contribution in [0.1, 0.15) is 36.9 Å². The molecule has 4 rings (SSSR count). The zero-order chi connectivity index (χ0) is 18.1. The van der Waals surface area contributed by atoms with Crippen molar-refractivity contribution in [1.29, 1.82) is 0 Å². The number of hydrogen-bond acceptors (Lipinski definition) is 2. The van der Waals surface area contributed by atoms with Crippen LogP contribution in [0, 0.1) is 0 Å². The van der Waals surface area contributed by atoms with Gasteiger partial charge in [0, 0.05) is 6.54 Å². The van der Waals surface area contributed by atoms with Crippen LogP contribution in [0.25, 0.3) is 11.0 Å². The molecule has 5 nitrogen and oxygen atoms in total. The maximum absolute atomic E-state index is 12.7. The summed E-state index contributed by atoms with van der Waals surface area (Å²) in [5.74, 6) is -0.118. The lowest BCUT2D eigenvalue weighted by atomic mass is 9.88. The molecular weight excluding hydrogens is 326 g/mol. The molecular formula is C21H23N3O2. The van der Waals surface area contributed by atoms with Crippen LogP contribution >= 0.6 is 0 Å². The predicted molar refractivity (Wildman–Crippen MR) is 102 cm³/mol. The van der Waals surface area contributed by atoms with Crippen LogP contribution in [0.3, 0.4) is 0 Å². The highest BCUT2D eigenvalue weighted by Crippen LogP contribution is 2.29. The molecule has 0 saturated carbocycles. The Kier molecular flexibility index (Phi) is 4.37. The fourth-order valence-electron chi connectivity index (χ4n) is 4.02. The SMILES string of the molecule is CCn1c(=O)n(CC(=O)NC2CCCc3ccccc32)c2ccccc21. The molecule has 0 spiro atoms. The normalized spacial score (nSPS) is 16.4. The first-order valence-corrected chi connectivity index (χ1v) is 9.24. The molecule has 0 aliphatic heterocycles. The fraction of sp³-hybridized carbons (Fsp3) is 0.333. The molecule has 1 aliphatic rings. The minimum atomic E-state index is -0.132. The van der Waals surface area contributed by atoms with Gasteiger partial charge in [-0.25, -0.2) is 4.79 Å². The zero-order valence-corrected chi connectivity index (χ0v) is 14.9. The minimum absolute atomic E-state index is 0.0303. The standard InChI is InChI=1S/C21H23N3O2/c1-2-23-18-12-5-6-13-19(18)24(21(23)26)14-20(25)22-17-11-7-9-15-8-3-4-10-16(15)17/h3-6,8,10,12-13,17H,2,7,9,11,14H2,1H3,(H,22,25). The third-order valence-electron chi connectivity index (χ3n) is 5.25. The van der Waals surface area contributed by atoms with Gasteiger partial charge in [-0.15, -0.1) is 0 Å². The van der Waals surface area contributed by atoms with Gasteiger partial charge in [0.2, 0.25) is 5.91 Å². The van der Waals surface area contributed by atoms with Gasteiger partial charge in [0.15, 0.2) is 0 Å². The van der Waals surface area contributed by atoms with Crippen molar-refractivity contribution in [1.82, 2.24) is 14.5 Å². The summed E-state index contributed by atoms with van der Waals surface area (Å²) in [6.45, 7) is 2.58. The molecule has 1 amide bonds. The first-order chi connectivity index (χ1) is 12.7. The monoisotopic (exact) mass is 349 g/mol. The topological polar surface area (TPSA) is 56.0 Å². The summed E-state index contributed by atoms with van der Waals surface area (Å²) in [5, 5.41) is 3.13. The Labute approximate surface area is 152 Å². The van der Waals surface area contributed by atoms with Crippen LogP contribution in [0.5, 0.6) is 0 Å². The number of aromatic nitrogens is 2. The number of carbonyl (C=O) groups is 1. The van der Waals surface area contributed by atoms with E-state index in [0.717, 1.165) is 30.3 Å². The largest absolute Gasteiger partial charge is 0.348 e. The third kappa shape index (κ3) is 2.83. The first-order valence-electron chi connectivity index (χ1n) is 9.24. The summed E-state index contributed by atoms with van der Waals surface area (Å²) < 4.78 is 3.28. The van der Waals surface area contributed by atoms with E-state index in [1.165, 1.54) is 11.1 Å². The smallest absolute Gasteiger partial charge is 0.329 e. The second kappa shape index (κ2) is 6.83. The molecule has 0 fully saturated rings. The number of fused-ring (bicyclic) bond motifs is 2. The van der Waals surface area contributed by atoms with Crippen molar-refractivity contribution in [2.75, 3.05) is 0 Å². The number of nitrogens with one attached hydrogen (secondary N) is 1. The van der Waals surface area contributed by atoms with E-state index in [1.54, 1.807) is 9.13 Å². The van der Waals surface area contributed by atoms with E-state index in [2.05, 4.69) is 17.4 Å². The van der Waals surface area contributed by atoms with Gasteiger partial charge in [-0.1, -0.05) is 36.4 Å². The molecule has 0 saturated heterocycles. The number of amides is 1. The van der Waals surface area contributed by atoms with E-state index < -0.39 is 0 Å². The highest BCUT2D eigenvalue weighted by Gasteiger charge is 2.22. The third-order valence-corrected chi connectivity index (χ3v) is 5.25. The summed E-state index contributed by atoms with van der Waals surface area (Å²) >= 11 is 0. The highest BCUT2D eigenvalue weighted by molar-refractivity contribution is 5.81. The lowest BCUT2D eigenvalue weighted by Gasteiger charge is -2.26. The van der Waals surface area contributed by atoms with Crippen molar-refractivity contribution in [3.05, 3.63) is 70.1 Å². The molecule has 1 aliphatic carbocycles. The molecule has 5 heteroatoms. The Bertz CT molecular complexity index is 1020. The van der Waals surface area contributed by atoms with Gasteiger partial charge < -0.3 is 5.32 Å². The first kappa shape index (κ1) is 16.6. The fourth-order valence-corrected chi connectivity index (χ4v) is 4.02. The second-order valence-corrected chi connectivity index (χ2v) is 6.81. The molecule has 0 radical (unpaired) electrons. The van der Waals surface area contributed by atoms with Gasteiger partial charge in [-0.2, -0.15) is 0 Å². The van der Waals surface area contributed by atoms with E-state index in [-0.39, 0.29) is 24.2 Å². The van der Waals surface area contributed by atoms with Crippen LogP contribution in [0.4, 0.5) is 0 Å². The van der Waals surface area contributed by atoms with Crippen molar-refractivity contribution in [2.45, 2.75) is 45.3 Å². The highest BCUT2D eigenvalue weighted by atomic mass is 16.2. The molecule has 0 bridgehead atoms. The number of imidazole rings is 1. The summed E-state index contributed by atoms with van der Waals surface area (Å²) in [5.41, 5.74) is 4.06. The molecule has 1 N–H and O–H groups in total. The molecule has 2 aromatic carbocycles. The Morgan fingerprint density at radius 3 is 2.54 bits per heavy atom. The van der Waals surface area contributed by atoms with Crippen LogP contribution < -0.4 is 11.0 Å².